The lowest BCUT2D eigenvalue weighted by atomic mass is 10.1. The van der Waals surface area contributed by atoms with Crippen molar-refractivity contribution >= 4 is 60.9 Å². The summed E-state index contributed by atoms with van der Waals surface area (Å²) in [5.74, 6) is -7.32. The van der Waals surface area contributed by atoms with Crippen LogP contribution in [0.3, 0.4) is 0 Å². The van der Waals surface area contributed by atoms with E-state index in [0.717, 1.165) is 6.07 Å². The summed E-state index contributed by atoms with van der Waals surface area (Å²) < 4.78 is 51.1. The molecule has 1 heterocycles. The Morgan fingerprint density at radius 2 is 1.52 bits per heavy atom. The van der Waals surface area contributed by atoms with Crippen molar-refractivity contribution in [3.05, 3.63) is 55.5 Å². The Hall–Kier alpha value is -2.47. The molecule has 1 amide bonds. The smallest absolute Gasteiger partial charge is 0.338 e. The molecule has 0 atom stereocenters. The topological polar surface area (TPSA) is 109 Å². The third kappa shape index (κ3) is 3.81. The van der Waals surface area contributed by atoms with Crippen molar-refractivity contribution < 1.29 is 37.1 Å². The number of Topliss-reactive ketones (excluding diaryl/α,β-unsaturated/α-hetero) is 1. The molecular weight excluding hydrogens is 508 g/mol. The van der Waals surface area contributed by atoms with Gasteiger partial charge in [0.05, 0.1) is 31.4 Å². The highest BCUT2D eigenvalue weighted by Gasteiger charge is 2.32. The standard InChI is InChI=1S/C8H2BrF2NO2.C7H4BrF2NO2/c9-4-3(10)1-2-6(5(4)11)12-8(14)7(2)13;8-4-3(9)1-2(7(12)13)6(11)5(4)10/h1H,(H,12,13,14);1H,11H2,(H,12,13). The second kappa shape index (κ2) is 7.64. The molecule has 142 valence electrons. The molecule has 0 unspecified atom stereocenters. The number of benzene rings is 2. The van der Waals surface area contributed by atoms with Crippen LogP contribution in [0.25, 0.3) is 0 Å². The van der Waals surface area contributed by atoms with Crippen LogP contribution in [0.15, 0.2) is 21.1 Å². The van der Waals surface area contributed by atoms with E-state index < -0.39 is 61.1 Å². The van der Waals surface area contributed by atoms with Crippen molar-refractivity contribution in [2.75, 3.05) is 11.1 Å². The number of hydrogen-bond acceptors (Lipinski definition) is 4. The fourth-order valence-corrected chi connectivity index (χ4v) is 2.62. The maximum absolute atomic E-state index is 13.3. The zero-order chi connectivity index (χ0) is 20.6. The summed E-state index contributed by atoms with van der Waals surface area (Å²) in [5.41, 5.74) is 3.39. The minimum absolute atomic E-state index is 0.270. The van der Waals surface area contributed by atoms with Gasteiger partial charge in [-0.3, -0.25) is 9.59 Å². The molecule has 4 N–H and O–H groups in total. The van der Waals surface area contributed by atoms with Gasteiger partial charge in [-0.1, -0.05) is 0 Å². The van der Waals surface area contributed by atoms with Crippen molar-refractivity contribution in [3.63, 3.8) is 0 Å². The third-order valence-corrected chi connectivity index (χ3v) is 4.74. The fourth-order valence-electron chi connectivity index (χ4n) is 1.98. The maximum Gasteiger partial charge on any atom is 0.338 e. The van der Waals surface area contributed by atoms with Gasteiger partial charge in [0.1, 0.15) is 11.6 Å². The first-order valence-corrected chi connectivity index (χ1v) is 8.25. The first-order chi connectivity index (χ1) is 12.5. The van der Waals surface area contributed by atoms with Gasteiger partial charge in [-0.15, -0.1) is 0 Å². The number of carboxylic acids is 1. The van der Waals surface area contributed by atoms with E-state index in [4.69, 9.17) is 10.8 Å². The molecule has 1 aliphatic rings. The van der Waals surface area contributed by atoms with Gasteiger partial charge in [-0.2, -0.15) is 0 Å². The van der Waals surface area contributed by atoms with E-state index in [2.05, 4.69) is 31.9 Å². The van der Waals surface area contributed by atoms with E-state index in [0.29, 0.717) is 6.07 Å². The number of carbonyl (C=O) groups is 3. The summed E-state index contributed by atoms with van der Waals surface area (Å²) in [4.78, 5) is 32.3. The highest BCUT2D eigenvalue weighted by Crippen LogP contribution is 2.33. The van der Waals surface area contributed by atoms with E-state index in [1.165, 1.54) is 0 Å². The number of nitrogens with one attached hydrogen (secondary N) is 1. The molecule has 1 aliphatic heterocycles. The molecule has 0 saturated carbocycles. The van der Waals surface area contributed by atoms with Crippen LogP contribution in [0.2, 0.25) is 0 Å². The first-order valence-electron chi connectivity index (χ1n) is 6.66. The molecule has 2 aromatic carbocycles. The van der Waals surface area contributed by atoms with E-state index in [9.17, 15) is 31.9 Å². The second-order valence-electron chi connectivity index (χ2n) is 4.94. The summed E-state index contributed by atoms with van der Waals surface area (Å²) >= 11 is 5.25. The van der Waals surface area contributed by atoms with Gasteiger partial charge in [0.25, 0.3) is 11.7 Å². The quantitative estimate of drug-likeness (QED) is 0.232. The Kier molecular flexibility index (Phi) is 5.90. The Morgan fingerprint density at radius 3 is 2.07 bits per heavy atom. The number of nitrogens with two attached hydrogens (primary N) is 1. The second-order valence-corrected chi connectivity index (χ2v) is 6.53. The Bertz CT molecular complexity index is 1010. The number of rotatable bonds is 1. The summed E-state index contributed by atoms with van der Waals surface area (Å²) in [7, 11) is 0. The van der Waals surface area contributed by atoms with Gasteiger partial charge in [-0.05, 0) is 44.0 Å². The molecule has 3 rings (SSSR count). The van der Waals surface area contributed by atoms with Crippen LogP contribution in [0, 0.1) is 23.3 Å². The van der Waals surface area contributed by atoms with Crippen molar-refractivity contribution in [2.24, 2.45) is 0 Å². The molecule has 0 aliphatic carbocycles. The lowest BCUT2D eigenvalue weighted by Gasteiger charge is -2.04. The van der Waals surface area contributed by atoms with Crippen LogP contribution < -0.4 is 11.1 Å². The number of halogens is 6. The van der Waals surface area contributed by atoms with Crippen LogP contribution in [0.1, 0.15) is 20.7 Å². The van der Waals surface area contributed by atoms with Crippen molar-refractivity contribution in [1.82, 2.24) is 0 Å². The lowest BCUT2D eigenvalue weighted by molar-refractivity contribution is -0.112. The lowest BCUT2D eigenvalue weighted by Crippen LogP contribution is -2.12. The number of fused-ring (bicyclic) bond motifs is 1. The van der Waals surface area contributed by atoms with E-state index in [1.807, 2.05) is 5.32 Å². The molecule has 0 aromatic heterocycles. The van der Waals surface area contributed by atoms with Gasteiger partial charge in [0.2, 0.25) is 0 Å². The van der Waals surface area contributed by atoms with Crippen LogP contribution in [0.5, 0.6) is 0 Å². The molecular formula is C15H6Br2F4N2O4. The number of carbonyl (C=O) groups excluding carboxylic acids is 2. The Balaban J connectivity index is 0.000000194. The minimum atomic E-state index is -1.47. The average molecular weight is 514 g/mol. The number of ketones is 1. The predicted molar refractivity (Wildman–Crippen MR) is 92.4 cm³/mol. The van der Waals surface area contributed by atoms with Crippen LogP contribution in [0.4, 0.5) is 28.9 Å². The van der Waals surface area contributed by atoms with Crippen LogP contribution in [-0.4, -0.2) is 22.8 Å². The summed E-state index contributed by atoms with van der Waals surface area (Å²) in [6.07, 6.45) is 0. The molecule has 0 bridgehead atoms. The van der Waals surface area contributed by atoms with Gasteiger partial charge >= 0.3 is 5.97 Å². The van der Waals surface area contributed by atoms with Gasteiger partial charge in [-0.25, -0.2) is 22.4 Å². The molecule has 0 saturated heterocycles. The van der Waals surface area contributed by atoms with Gasteiger partial charge in [0, 0.05) is 0 Å². The van der Waals surface area contributed by atoms with Gasteiger partial charge in [0.15, 0.2) is 11.6 Å². The van der Waals surface area contributed by atoms with Crippen molar-refractivity contribution in [1.29, 1.82) is 0 Å². The molecule has 2 aromatic rings. The molecule has 27 heavy (non-hydrogen) atoms. The zero-order valence-corrected chi connectivity index (χ0v) is 15.8. The minimum Gasteiger partial charge on any atom is -0.478 e. The third-order valence-electron chi connectivity index (χ3n) is 3.28. The van der Waals surface area contributed by atoms with E-state index in [1.54, 1.807) is 0 Å². The van der Waals surface area contributed by atoms with Gasteiger partial charge < -0.3 is 16.2 Å². The first kappa shape index (κ1) is 20.8. The predicted octanol–water partition coefficient (Wildman–Crippen LogP) is 3.87. The molecule has 0 radical (unpaired) electrons. The van der Waals surface area contributed by atoms with Crippen molar-refractivity contribution in [3.8, 4) is 0 Å². The van der Waals surface area contributed by atoms with Crippen LogP contribution in [-0.2, 0) is 4.79 Å². The van der Waals surface area contributed by atoms with E-state index in [-0.39, 0.29) is 11.3 Å². The number of aromatic carboxylic acids is 1. The molecule has 6 nitrogen and oxygen atoms in total. The maximum atomic E-state index is 13.3. The highest BCUT2D eigenvalue weighted by molar-refractivity contribution is 9.10. The molecule has 0 spiro atoms. The number of amides is 1. The summed E-state index contributed by atoms with van der Waals surface area (Å²) in [6, 6.07) is 1.48. The number of carboxylic acid groups (broad SMARTS) is 1. The SMILES string of the molecule is Nc1c(C(=O)O)cc(F)c(Br)c1F.O=C1Nc2c(cc(F)c(Br)c2F)C1=O. The summed E-state index contributed by atoms with van der Waals surface area (Å²) in [6.45, 7) is 0. The molecule has 0 fully saturated rings. The monoisotopic (exact) mass is 512 g/mol. The summed E-state index contributed by atoms with van der Waals surface area (Å²) in [5, 5.41) is 10.5. The fraction of sp³-hybridized carbons (Fsp3) is 0. The Labute approximate surface area is 164 Å². The van der Waals surface area contributed by atoms with E-state index >= 15 is 0 Å². The van der Waals surface area contributed by atoms with Crippen molar-refractivity contribution in [2.45, 2.75) is 0 Å². The normalized spacial score (nSPS) is 12.2. The number of anilines is 2. The van der Waals surface area contributed by atoms with Crippen LogP contribution >= 0.6 is 31.9 Å². The number of nitrogen functional groups attached to an aromatic ring is 1. The average Bonchev–Trinajstić information content (AvgIpc) is 2.89. The molecule has 12 heteroatoms. The zero-order valence-electron chi connectivity index (χ0n) is 12.7. The number of hydrogen-bond donors (Lipinski definition) is 3. The Morgan fingerprint density at radius 1 is 1.00 bits per heavy atom. The largest absolute Gasteiger partial charge is 0.478 e. The highest BCUT2D eigenvalue weighted by atomic mass is 79.9.